The number of fused-ring (bicyclic) bond motifs is 1. The molecule has 0 aromatic heterocycles. The summed E-state index contributed by atoms with van der Waals surface area (Å²) in [6.45, 7) is 0. The fourth-order valence-corrected chi connectivity index (χ4v) is 2.00. The molecule has 0 saturated heterocycles. The van der Waals surface area contributed by atoms with Crippen LogP contribution in [-0.4, -0.2) is 5.91 Å². The van der Waals surface area contributed by atoms with Gasteiger partial charge in [0.1, 0.15) is 5.03 Å². The van der Waals surface area contributed by atoms with Gasteiger partial charge in [0.15, 0.2) is 0 Å². The van der Waals surface area contributed by atoms with Crippen LogP contribution in [0, 0.1) is 0 Å². The third-order valence-corrected chi connectivity index (χ3v) is 2.88. The highest BCUT2D eigenvalue weighted by molar-refractivity contribution is 6.45. The van der Waals surface area contributed by atoms with Gasteiger partial charge in [-0.25, -0.2) is 0 Å². The maximum atomic E-state index is 10.9. The zero-order valence-electron chi connectivity index (χ0n) is 7.59. The molecule has 2 rings (SSSR count). The molecule has 0 atom stereocenters. The lowest BCUT2D eigenvalue weighted by atomic mass is 10.1. The SMILES string of the molecule is NC(=O)/C(Cl)=C1/CCc2ccccc21. The van der Waals surface area contributed by atoms with Gasteiger partial charge in [-0.2, -0.15) is 0 Å². The molecule has 0 bridgehead atoms. The topological polar surface area (TPSA) is 43.1 Å². The number of hydrogen-bond donors (Lipinski definition) is 1. The first kappa shape index (κ1) is 9.28. The average molecular weight is 208 g/mol. The van der Waals surface area contributed by atoms with Crippen molar-refractivity contribution in [1.29, 1.82) is 0 Å². The van der Waals surface area contributed by atoms with E-state index in [0.29, 0.717) is 0 Å². The summed E-state index contributed by atoms with van der Waals surface area (Å²) in [5.74, 6) is -0.543. The normalized spacial score (nSPS) is 17.8. The quantitative estimate of drug-likeness (QED) is 0.704. The van der Waals surface area contributed by atoms with E-state index in [1.807, 2.05) is 24.3 Å². The van der Waals surface area contributed by atoms with Gasteiger partial charge in [-0.1, -0.05) is 35.9 Å². The number of allylic oxidation sites excluding steroid dienone is 1. The zero-order chi connectivity index (χ0) is 10.1. The van der Waals surface area contributed by atoms with E-state index in [4.69, 9.17) is 17.3 Å². The summed E-state index contributed by atoms with van der Waals surface area (Å²) in [6.07, 6.45) is 1.75. The molecule has 0 fully saturated rings. The van der Waals surface area contributed by atoms with Gasteiger partial charge in [-0.15, -0.1) is 0 Å². The Hall–Kier alpha value is -1.28. The fourth-order valence-electron chi connectivity index (χ4n) is 1.80. The molecule has 1 aliphatic carbocycles. The number of nitrogens with two attached hydrogens (primary N) is 1. The highest BCUT2D eigenvalue weighted by Gasteiger charge is 2.20. The summed E-state index contributed by atoms with van der Waals surface area (Å²) in [6, 6.07) is 7.95. The van der Waals surface area contributed by atoms with Crippen LogP contribution in [0.1, 0.15) is 17.5 Å². The van der Waals surface area contributed by atoms with E-state index in [0.717, 1.165) is 24.0 Å². The van der Waals surface area contributed by atoms with E-state index >= 15 is 0 Å². The summed E-state index contributed by atoms with van der Waals surface area (Å²) in [7, 11) is 0. The Morgan fingerprint density at radius 2 is 2.00 bits per heavy atom. The third-order valence-electron chi connectivity index (χ3n) is 2.47. The average Bonchev–Trinajstić information content (AvgIpc) is 2.60. The van der Waals surface area contributed by atoms with Crippen LogP contribution in [0.15, 0.2) is 29.3 Å². The lowest BCUT2D eigenvalue weighted by Gasteiger charge is -2.01. The first-order valence-corrected chi connectivity index (χ1v) is 4.84. The number of carbonyl (C=O) groups is 1. The van der Waals surface area contributed by atoms with Crippen LogP contribution in [0.4, 0.5) is 0 Å². The highest BCUT2D eigenvalue weighted by atomic mass is 35.5. The molecule has 1 aromatic rings. The number of benzene rings is 1. The molecule has 1 amide bonds. The molecule has 0 spiro atoms. The molecule has 0 unspecified atom stereocenters. The molecule has 1 aromatic carbocycles. The molecule has 0 aliphatic heterocycles. The molecule has 72 valence electrons. The van der Waals surface area contributed by atoms with E-state index in [1.54, 1.807) is 0 Å². The van der Waals surface area contributed by atoms with Crippen molar-refractivity contribution in [3.05, 3.63) is 40.4 Å². The van der Waals surface area contributed by atoms with E-state index in [1.165, 1.54) is 5.56 Å². The number of rotatable bonds is 1. The van der Waals surface area contributed by atoms with Crippen molar-refractivity contribution in [3.8, 4) is 0 Å². The van der Waals surface area contributed by atoms with Crippen LogP contribution in [-0.2, 0) is 11.2 Å². The zero-order valence-corrected chi connectivity index (χ0v) is 8.34. The third kappa shape index (κ3) is 1.42. The van der Waals surface area contributed by atoms with E-state index in [-0.39, 0.29) is 5.03 Å². The second kappa shape index (κ2) is 3.46. The number of halogens is 1. The fraction of sp³-hybridized carbons (Fsp3) is 0.182. The largest absolute Gasteiger partial charge is 0.365 e. The smallest absolute Gasteiger partial charge is 0.260 e. The van der Waals surface area contributed by atoms with Crippen molar-refractivity contribution in [2.24, 2.45) is 5.73 Å². The Labute approximate surface area is 87.4 Å². The first-order valence-electron chi connectivity index (χ1n) is 4.47. The Kier molecular flexibility index (Phi) is 2.30. The Balaban J connectivity index is 2.54. The van der Waals surface area contributed by atoms with Crippen LogP contribution in [0.2, 0.25) is 0 Å². The standard InChI is InChI=1S/C11H10ClNO/c12-10(11(13)14)9-6-5-7-3-1-2-4-8(7)9/h1-4H,5-6H2,(H2,13,14)/b10-9+. The van der Waals surface area contributed by atoms with Crippen molar-refractivity contribution in [2.75, 3.05) is 0 Å². The summed E-state index contributed by atoms with van der Waals surface area (Å²) >= 11 is 5.85. The molecule has 2 nitrogen and oxygen atoms in total. The first-order chi connectivity index (χ1) is 6.70. The molecule has 0 heterocycles. The number of hydrogen-bond acceptors (Lipinski definition) is 1. The predicted molar refractivity (Wildman–Crippen MR) is 56.7 cm³/mol. The van der Waals surface area contributed by atoms with Crippen molar-refractivity contribution >= 4 is 23.1 Å². The predicted octanol–water partition coefficient (Wildman–Crippen LogP) is 2.07. The summed E-state index contributed by atoms with van der Waals surface area (Å²) < 4.78 is 0. The van der Waals surface area contributed by atoms with Gasteiger partial charge in [-0.05, 0) is 29.5 Å². The van der Waals surface area contributed by atoms with Crippen LogP contribution in [0.25, 0.3) is 5.57 Å². The van der Waals surface area contributed by atoms with Crippen molar-refractivity contribution in [2.45, 2.75) is 12.8 Å². The molecule has 1 aliphatic rings. The highest BCUT2D eigenvalue weighted by Crippen LogP contribution is 2.35. The van der Waals surface area contributed by atoms with E-state index in [2.05, 4.69) is 0 Å². The van der Waals surface area contributed by atoms with Gasteiger partial charge in [0.2, 0.25) is 0 Å². The monoisotopic (exact) mass is 207 g/mol. The number of primary amides is 1. The second-order valence-corrected chi connectivity index (χ2v) is 3.69. The van der Waals surface area contributed by atoms with Gasteiger partial charge < -0.3 is 5.73 Å². The van der Waals surface area contributed by atoms with Gasteiger partial charge in [0.05, 0.1) is 0 Å². The summed E-state index contributed by atoms with van der Waals surface area (Å²) in [5, 5.41) is 0.176. The number of aryl methyl sites for hydroxylation is 1. The maximum absolute atomic E-state index is 10.9. The Bertz CT molecular complexity index is 423. The van der Waals surface area contributed by atoms with Gasteiger partial charge >= 0.3 is 0 Å². The minimum atomic E-state index is -0.543. The molecule has 2 N–H and O–H groups in total. The van der Waals surface area contributed by atoms with Crippen LogP contribution in [0.3, 0.4) is 0 Å². The Morgan fingerprint density at radius 3 is 2.71 bits per heavy atom. The molecule has 14 heavy (non-hydrogen) atoms. The number of amides is 1. The lowest BCUT2D eigenvalue weighted by Crippen LogP contribution is -2.11. The maximum Gasteiger partial charge on any atom is 0.260 e. The minimum absolute atomic E-state index is 0.176. The van der Waals surface area contributed by atoms with Crippen molar-refractivity contribution in [1.82, 2.24) is 0 Å². The number of carbonyl (C=O) groups excluding carboxylic acids is 1. The molecular formula is C11H10ClNO. The minimum Gasteiger partial charge on any atom is -0.365 e. The summed E-state index contributed by atoms with van der Waals surface area (Å²) in [5.41, 5.74) is 8.33. The lowest BCUT2D eigenvalue weighted by molar-refractivity contribution is -0.113. The summed E-state index contributed by atoms with van der Waals surface area (Å²) in [4.78, 5) is 10.9. The van der Waals surface area contributed by atoms with E-state index < -0.39 is 5.91 Å². The Morgan fingerprint density at radius 1 is 1.29 bits per heavy atom. The van der Waals surface area contributed by atoms with Crippen molar-refractivity contribution in [3.63, 3.8) is 0 Å². The van der Waals surface area contributed by atoms with Gasteiger partial charge in [0, 0.05) is 0 Å². The van der Waals surface area contributed by atoms with Crippen LogP contribution >= 0.6 is 11.6 Å². The molecule has 3 heteroatoms. The van der Waals surface area contributed by atoms with Gasteiger partial charge in [-0.3, -0.25) is 4.79 Å². The molecule has 0 radical (unpaired) electrons. The van der Waals surface area contributed by atoms with Crippen molar-refractivity contribution < 1.29 is 4.79 Å². The second-order valence-electron chi connectivity index (χ2n) is 3.31. The molecular weight excluding hydrogens is 198 g/mol. The van der Waals surface area contributed by atoms with Gasteiger partial charge in [0.25, 0.3) is 5.91 Å². The van der Waals surface area contributed by atoms with Crippen LogP contribution < -0.4 is 5.73 Å². The molecule has 0 saturated carbocycles. The van der Waals surface area contributed by atoms with E-state index in [9.17, 15) is 4.79 Å². The van der Waals surface area contributed by atoms with Crippen LogP contribution in [0.5, 0.6) is 0 Å².